The maximum atomic E-state index is 5.73. The van der Waals surface area contributed by atoms with Crippen molar-refractivity contribution >= 4 is 9.24 Å². The highest BCUT2D eigenvalue weighted by atomic mass is 31.0. The molecule has 0 amide bonds. The van der Waals surface area contributed by atoms with Crippen molar-refractivity contribution < 1.29 is 18.9 Å². The van der Waals surface area contributed by atoms with Gasteiger partial charge in [0.2, 0.25) is 0 Å². The molecular formula is C22H31O4P. The first-order valence-corrected chi connectivity index (χ1v) is 9.86. The summed E-state index contributed by atoms with van der Waals surface area (Å²) >= 11 is 0. The van der Waals surface area contributed by atoms with Crippen LogP contribution in [0.1, 0.15) is 43.7 Å². The van der Waals surface area contributed by atoms with Crippen LogP contribution >= 0.6 is 9.24 Å². The van der Waals surface area contributed by atoms with Gasteiger partial charge >= 0.3 is 0 Å². The molecule has 1 atom stereocenters. The zero-order chi connectivity index (χ0) is 19.9. The van der Waals surface area contributed by atoms with Crippen LogP contribution in [0, 0.1) is 0 Å². The van der Waals surface area contributed by atoms with E-state index in [-0.39, 0.29) is 0 Å². The van der Waals surface area contributed by atoms with Crippen LogP contribution < -0.4 is 18.9 Å². The molecule has 0 heterocycles. The first kappa shape index (κ1) is 21.4. The normalized spacial score (nSPS) is 11.2. The second-order valence-electron chi connectivity index (χ2n) is 6.50. The van der Waals surface area contributed by atoms with Gasteiger partial charge in [-0.05, 0) is 30.7 Å². The molecule has 0 aliphatic carbocycles. The third-order valence-electron chi connectivity index (χ3n) is 4.92. The Morgan fingerprint density at radius 2 is 1.07 bits per heavy atom. The zero-order valence-corrected chi connectivity index (χ0v) is 18.2. The molecule has 0 N–H and O–H groups in total. The molecule has 27 heavy (non-hydrogen) atoms. The highest BCUT2D eigenvalue weighted by Gasteiger charge is 2.39. The topological polar surface area (TPSA) is 36.9 Å². The number of rotatable bonds is 10. The van der Waals surface area contributed by atoms with Crippen molar-refractivity contribution in [2.75, 3.05) is 28.4 Å². The van der Waals surface area contributed by atoms with Crippen molar-refractivity contribution in [3.8, 4) is 23.0 Å². The quantitative estimate of drug-likeness (QED) is 0.401. The molecule has 2 rings (SSSR count). The van der Waals surface area contributed by atoms with Crippen molar-refractivity contribution in [1.82, 2.24) is 0 Å². The van der Waals surface area contributed by atoms with Crippen molar-refractivity contribution in [3.63, 3.8) is 0 Å². The Bertz CT molecular complexity index is 645. The fraction of sp³-hybridized carbons (Fsp3) is 0.455. The van der Waals surface area contributed by atoms with Crippen molar-refractivity contribution in [1.29, 1.82) is 0 Å². The molecule has 4 nitrogen and oxygen atoms in total. The summed E-state index contributed by atoms with van der Waals surface area (Å²) < 4.78 is 22.9. The molecule has 2 aromatic carbocycles. The molecule has 2 aromatic rings. The minimum Gasteiger partial charge on any atom is -0.496 e. The van der Waals surface area contributed by atoms with Gasteiger partial charge in [0, 0.05) is 5.16 Å². The lowest BCUT2D eigenvalue weighted by Gasteiger charge is -2.35. The van der Waals surface area contributed by atoms with Crippen LogP contribution in [-0.2, 0) is 5.16 Å². The summed E-state index contributed by atoms with van der Waals surface area (Å²) in [6.07, 6.45) is 4.24. The Labute approximate surface area is 165 Å². The smallest absolute Gasteiger partial charge is 0.127 e. The summed E-state index contributed by atoms with van der Waals surface area (Å²) in [5, 5.41) is -0.481. The SMILES string of the molecule is CCCCCC(P)(c1c(OC)cccc1OC)c1c(OC)cccc1OC. The second kappa shape index (κ2) is 9.85. The van der Waals surface area contributed by atoms with Crippen LogP contribution in [0.5, 0.6) is 23.0 Å². The number of unbranched alkanes of at least 4 members (excludes halogenated alkanes) is 2. The predicted molar refractivity (Wildman–Crippen MR) is 114 cm³/mol. The van der Waals surface area contributed by atoms with Crippen molar-refractivity contribution in [2.45, 2.75) is 37.8 Å². The molecule has 148 valence electrons. The molecule has 0 aliphatic heterocycles. The number of ether oxygens (including phenoxy) is 4. The average molecular weight is 390 g/mol. The maximum absolute atomic E-state index is 5.73. The Hall–Kier alpha value is -1.93. The predicted octanol–water partition coefficient (Wildman–Crippen LogP) is 5.42. The minimum absolute atomic E-state index is 0.481. The molecule has 0 bridgehead atoms. The average Bonchev–Trinajstić information content (AvgIpc) is 2.72. The highest BCUT2D eigenvalue weighted by molar-refractivity contribution is 7.19. The minimum atomic E-state index is -0.481. The fourth-order valence-corrected chi connectivity index (χ4v) is 4.38. The van der Waals surface area contributed by atoms with E-state index >= 15 is 0 Å². The lowest BCUT2D eigenvalue weighted by atomic mass is 9.83. The summed E-state index contributed by atoms with van der Waals surface area (Å²) in [4.78, 5) is 0. The van der Waals surface area contributed by atoms with E-state index in [1.165, 1.54) is 0 Å². The highest BCUT2D eigenvalue weighted by Crippen LogP contribution is 2.55. The summed E-state index contributed by atoms with van der Waals surface area (Å²) in [7, 11) is 9.81. The van der Waals surface area contributed by atoms with Gasteiger partial charge in [0.05, 0.1) is 39.6 Å². The third-order valence-corrected chi connectivity index (χ3v) is 5.79. The number of hydrogen-bond donors (Lipinski definition) is 0. The fourth-order valence-electron chi connectivity index (χ4n) is 3.61. The van der Waals surface area contributed by atoms with Gasteiger partial charge in [0.1, 0.15) is 23.0 Å². The maximum Gasteiger partial charge on any atom is 0.127 e. The van der Waals surface area contributed by atoms with E-state index in [1.54, 1.807) is 28.4 Å². The third kappa shape index (κ3) is 4.32. The molecule has 0 aliphatic rings. The van der Waals surface area contributed by atoms with E-state index in [1.807, 2.05) is 36.4 Å². The monoisotopic (exact) mass is 390 g/mol. The van der Waals surface area contributed by atoms with Gasteiger partial charge in [-0.2, -0.15) is 0 Å². The van der Waals surface area contributed by atoms with E-state index in [2.05, 4.69) is 16.2 Å². The van der Waals surface area contributed by atoms with Crippen LogP contribution in [0.2, 0.25) is 0 Å². The van der Waals surface area contributed by atoms with Crippen molar-refractivity contribution in [3.05, 3.63) is 47.5 Å². The Kier molecular flexibility index (Phi) is 7.79. The van der Waals surface area contributed by atoms with Gasteiger partial charge in [-0.15, -0.1) is 9.24 Å². The van der Waals surface area contributed by atoms with Gasteiger partial charge in [-0.1, -0.05) is 38.3 Å². The molecule has 0 radical (unpaired) electrons. The molecule has 0 spiro atoms. The van der Waals surface area contributed by atoms with Gasteiger partial charge in [-0.25, -0.2) is 0 Å². The molecule has 0 fully saturated rings. The second-order valence-corrected chi connectivity index (χ2v) is 7.49. The summed E-state index contributed by atoms with van der Waals surface area (Å²) in [5.41, 5.74) is 1.97. The largest absolute Gasteiger partial charge is 0.496 e. The van der Waals surface area contributed by atoms with Crippen LogP contribution in [-0.4, -0.2) is 28.4 Å². The van der Waals surface area contributed by atoms with Crippen molar-refractivity contribution in [2.24, 2.45) is 0 Å². The van der Waals surface area contributed by atoms with Crippen LogP contribution in [0.4, 0.5) is 0 Å². The van der Waals surface area contributed by atoms with Gasteiger partial charge in [0.25, 0.3) is 0 Å². The van der Waals surface area contributed by atoms with Gasteiger partial charge < -0.3 is 18.9 Å². The van der Waals surface area contributed by atoms with Gasteiger partial charge in [0.15, 0.2) is 0 Å². The van der Waals surface area contributed by atoms with Crippen LogP contribution in [0.25, 0.3) is 0 Å². The van der Waals surface area contributed by atoms with Crippen LogP contribution in [0.15, 0.2) is 36.4 Å². The number of hydrogen-bond acceptors (Lipinski definition) is 4. The molecular weight excluding hydrogens is 359 g/mol. The summed E-state index contributed by atoms with van der Waals surface area (Å²) in [6, 6.07) is 11.8. The zero-order valence-electron chi connectivity index (χ0n) is 17.0. The Balaban J connectivity index is 2.80. The lowest BCUT2D eigenvalue weighted by molar-refractivity contribution is 0.358. The van der Waals surface area contributed by atoms with Gasteiger partial charge in [-0.3, -0.25) is 0 Å². The van der Waals surface area contributed by atoms with E-state index in [4.69, 9.17) is 18.9 Å². The Morgan fingerprint density at radius 3 is 1.37 bits per heavy atom. The molecule has 0 aromatic heterocycles. The van der Waals surface area contributed by atoms with Crippen LogP contribution in [0.3, 0.4) is 0 Å². The van der Waals surface area contributed by atoms with E-state index < -0.39 is 5.16 Å². The molecule has 0 saturated carbocycles. The summed E-state index contributed by atoms with van der Waals surface area (Å²) in [5.74, 6) is 3.14. The standard InChI is InChI=1S/C22H31O4P/c1-6-7-8-15-22(27,20-16(23-2)11-9-12-17(20)24-3)21-18(25-4)13-10-14-19(21)26-5/h9-14H,6-8,15,27H2,1-5H3. The van der Waals surface area contributed by atoms with E-state index in [9.17, 15) is 0 Å². The van der Waals surface area contributed by atoms with E-state index in [0.29, 0.717) is 0 Å². The first-order valence-electron chi connectivity index (χ1n) is 9.29. The number of benzene rings is 2. The first-order chi connectivity index (χ1) is 13.1. The number of methoxy groups -OCH3 is 4. The van der Waals surface area contributed by atoms with E-state index in [0.717, 1.165) is 59.8 Å². The Morgan fingerprint density at radius 1 is 0.704 bits per heavy atom. The molecule has 5 heteroatoms. The molecule has 1 unspecified atom stereocenters. The molecule has 0 saturated heterocycles. The lowest BCUT2D eigenvalue weighted by Crippen LogP contribution is -2.24. The summed E-state index contributed by atoms with van der Waals surface area (Å²) in [6.45, 7) is 2.21.